The predicted molar refractivity (Wildman–Crippen MR) is 159 cm³/mol. The quantitative estimate of drug-likeness (QED) is 0.337. The summed E-state index contributed by atoms with van der Waals surface area (Å²) >= 11 is 0. The molecule has 1 aromatic heterocycles. The number of anilines is 3. The van der Waals surface area contributed by atoms with E-state index in [2.05, 4.69) is 49.9 Å². The van der Waals surface area contributed by atoms with Gasteiger partial charge in [0.1, 0.15) is 6.07 Å². The highest BCUT2D eigenvalue weighted by Crippen LogP contribution is 2.40. The first-order chi connectivity index (χ1) is 20.1. The lowest BCUT2D eigenvalue weighted by Gasteiger charge is -2.47. The Hall–Kier alpha value is -3.58. The monoisotopic (exact) mass is 554 g/mol. The molecule has 2 aromatic carbocycles. The Morgan fingerprint density at radius 2 is 2.02 bits per heavy atom. The van der Waals surface area contributed by atoms with Crippen LogP contribution in [0.15, 0.2) is 36.5 Å². The molecule has 0 bridgehead atoms. The van der Waals surface area contributed by atoms with Gasteiger partial charge in [0.05, 0.1) is 49.4 Å². The van der Waals surface area contributed by atoms with Gasteiger partial charge in [0.25, 0.3) is 0 Å². The fraction of sp³-hybridized carbons (Fsp3) is 0.500. The number of hydrazine groups is 1. The molecule has 9 nitrogen and oxygen atoms in total. The van der Waals surface area contributed by atoms with Crippen molar-refractivity contribution in [3.05, 3.63) is 47.7 Å². The van der Waals surface area contributed by atoms with Gasteiger partial charge < -0.3 is 29.4 Å². The van der Waals surface area contributed by atoms with E-state index in [-0.39, 0.29) is 0 Å². The van der Waals surface area contributed by atoms with Gasteiger partial charge in [0.15, 0.2) is 11.5 Å². The molecule has 2 saturated heterocycles. The smallest absolute Gasteiger partial charge is 0.163 e. The molecule has 0 unspecified atom stereocenters. The highest BCUT2D eigenvalue weighted by atomic mass is 16.5. The average Bonchev–Trinajstić information content (AvgIpc) is 3.72. The second kappa shape index (κ2) is 11.0. The molecule has 1 aliphatic carbocycles. The van der Waals surface area contributed by atoms with Gasteiger partial charge >= 0.3 is 0 Å². The maximum Gasteiger partial charge on any atom is 0.163 e. The van der Waals surface area contributed by atoms with Crippen LogP contribution < -0.4 is 25.2 Å². The lowest BCUT2D eigenvalue weighted by molar-refractivity contribution is -0.139. The Kier molecular flexibility index (Phi) is 7.07. The van der Waals surface area contributed by atoms with Gasteiger partial charge in [0, 0.05) is 48.4 Å². The van der Waals surface area contributed by atoms with Crippen molar-refractivity contribution in [1.29, 1.82) is 5.26 Å². The van der Waals surface area contributed by atoms with Crippen molar-refractivity contribution < 1.29 is 14.2 Å². The van der Waals surface area contributed by atoms with Crippen molar-refractivity contribution in [3.63, 3.8) is 0 Å². The van der Waals surface area contributed by atoms with Crippen LogP contribution in [0, 0.1) is 22.7 Å². The molecule has 3 fully saturated rings. The van der Waals surface area contributed by atoms with Crippen molar-refractivity contribution in [3.8, 4) is 17.6 Å². The second-order valence-corrected chi connectivity index (χ2v) is 12.1. The standard InChI is InChI=1S/C32H38N6O3/c1-39-29-14-26-27(15-30(29)41-12-2-9-37-10-7-32(8-11-37)20-40-21-32)34-17-24(16-33)31(26)36-25-5-6-28-23(13-25)18-35-38(28)19-22-3-4-22/h5-6,13-15,17,22,35H,2-4,7-12,18-21H2,1H3,(H,34,36). The van der Waals surface area contributed by atoms with E-state index >= 15 is 0 Å². The number of aromatic nitrogens is 1. The summed E-state index contributed by atoms with van der Waals surface area (Å²) in [5, 5.41) is 16.5. The molecule has 0 amide bonds. The molecule has 41 heavy (non-hydrogen) atoms. The zero-order valence-corrected chi connectivity index (χ0v) is 23.7. The van der Waals surface area contributed by atoms with Crippen LogP contribution in [0.3, 0.4) is 0 Å². The molecule has 0 atom stereocenters. The number of piperidine rings is 1. The highest BCUT2D eigenvalue weighted by molar-refractivity contribution is 5.97. The number of ether oxygens (including phenoxy) is 3. The number of fused-ring (bicyclic) bond motifs is 2. The first-order valence-electron chi connectivity index (χ1n) is 14.9. The van der Waals surface area contributed by atoms with Gasteiger partial charge in [0.2, 0.25) is 0 Å². The van der Waals surface area contributed by atoms with E-state index in [0.29, 0.717) is 29.1 Å². The Balaban J connectivity index is 1.04. The van der Waals surface area contributed by atoms with E-state index in [9.17, 15) is 5.26 Å². The molecular formula is C32H38N6O3. The third kappa shape index (κ3) is 5.40. The fourth-order valence-corrected chi connectivity index (χ4v) is 6.29. The Morgan fingerprint density at radius 3 is 2.76 bits per heavy atom. The molecular weight excluding hydrogens is 516 g/mol. The molecule has 4 aliphatic rings. The van der Waals surface area contributed by atoms with Gasteiger partial charge in [-0.05, 0) is 80.9 Å². The number of benzene rings is 2. The lowest BCUT2D eigenvalue weighted by atomic mass is 9.77. The van der Waals surface area contributed by atoms with Crippen LogP contribution in [0.4, 0.5) is 17.1 Å². The topological polar surface area (TPSA) is 94.9 Å². The molecule has 3 aliphatic heterocycles. The number of nitrogens with zero attached hydrogens (tertiary/aromatic N) is 4. The van der Waals surface area contributed by atoms with Crippen LogP contribution in [-0.2, 0) is 11.3 Å². The van der Waals surface area contributed by atoms with E-state index < -0.39 is 0 Å². The third-order valence-corrected chi connectivity index (χ3v) is 9.12. The zero-order chi connectivity index (χ0) is 27.8. The summed E-state index contributed by atoms with van der Waals surface area (Å²) in [5.74, 6) is 2.12. The van der Waals surface area contributed by atoms with Crippen LogP contribution in [0.25, 0.3) is 10.9 Å². The Labute approximate surface area is 241 Å². The summed E-state index contributed by atoms with van der Waals surface area (Å²) in [7, 11) is 1.65. The summed E-state index contributed by atoms with van der Waals surface area (Å²) < 4.78 is 17.4. The largest absolute Gasteiger partial charge is 0.493 e. The molecule has 1 saturated carbocycles. The fourth-order valence-electron chi connectivity index (χ4n) is 6.29. The molecule has 1 spiro atoms. The number of pyridine rings is 1. The van der Waals surface area contributed by atoms with E-state index in [1.165, 1.54) is 36.9 Å². The van der Waals surface area contributed by atoms with E-state index in [1.54, 1.807) is 13.3 Å². The van der Waals surface area contributed by atoms with Crippen molar-refractivity contribution in [2.45, 2.75) is 38.6 Å². The molecule has 9 heteroatoms. The van der Waals surface area contributed by atoms with Crippen LogP contribution in [0.5, 0.6) is 11.5 Å². The van der Waals surface area contributed by atoms with Crippen LogP contribution >= 0.6 is 0 Å². The summed E-state index contributed by atoms with van der Waals surface area (Å²) in [5.41, 5.74) is 9.37. The van der Waals surface area contributed by atoms with Gasteiger partial charge in [-0.3, -0.25) is 4.98 Å². The van der Waals surface area contributed by atoms with Gasteiger partial charge in [-0.2, -0.15) is 5.26 Å². The van der Waals surface area contributed by atoms with Gasteiger partial charge in [-0.1, -0.05) is 0 Å². The second-order valence-electron chi connectivity index (χ2n) is 12.1. The van der Waals surface area contributed by atoms with Crippen molar-refractivity contribution in [2.24, 2.45) is 11.3 Å². The summed E-state index contributed by atoms with van der Waals surface area (Å²) in [6.45, 7) is 7.67. The average molecular weight is 555 g/mol. The maximum atomic E-state index is 9.90. The number of hydrogen-bond donors (Lipinski definition) is 2. The molecule has 2 N–H and O–H groups in total. The molecule has 3 aromatic rings. The molecule has 4 heterocycles. The number of likely N-dealkylation sites (tertiary alicyclic amines) is 1. The van der Waals surface area contributed by atoms with Crippen LogP contribution in [0.2, 0.25) is 0 Å². The number of methoxy groups -OCH3 is 1. The minimum Gasteiger partial charge on any atom is -0.493 e. The maximum absolute atomic E-state index is 9.90. The Bertz CT molecular complexity index is 1470. The van der Waals surface area contributed by atoms with E-state index in [4.69, 9.17) is 14.2 Å². The summed E-state index contributed by atoms with van der Waals surface area (Å²) in [6.07, 6.45) is 7.70. The normalized spacial score (nSPS) is 19.6. The zero-order valence-electron chi connectivity index (χ0n) is 23.7. The number of nitriles is 1. The van der Waals surface area contributed by atoms with Crippen molar-refractivity contribution >= 4 is 28.0 Å². The highest BCUT2D eigenvalue weighted by Gasteiger charge is 2.40. The Morgan fingerprint density at radius 1 is 1.17 bits per heavy atom. The molecule has 7 rings (SSSR count). The number of nitrogens with one attached hydrogen (secondary N) is 2. The lowest BCUT2D eigenvalue weighted by Crippen LogP contribution is -2.51. The minimum atomic E-state index is 0.464. The van der Waals surface area contributed by atoms with Gasteiger partial charge in [-0.25, -0.2) is 5.43 Å². The van der Waals surface area contributed by atoms with Crippen molar-refractivity contribution in [2.75, 3.05) is 63.4 Å². The van der Waals surface area contributed by atoms with E-state index in [1.807, 2.05) is 12.1 Å². The van der Waals surface area contributed by atoms with E-state index in [0.717, 1.165) is 80.6 Å². The van der Waals surface area contributed by atoms with Crippen LogP contribution in [0.1, 0.15) is 43.2 Å². The summed E-state index contributed by atoms with van der Waals surface area (Å²) in [6, 6.07) is 12.6. The number of hydrogen-bond acceptors (Lipinski definition) is 9. The molecule has 0 radical (unpaired) electrons. The summed E-state index contributed by atoms with van der Waals surface area (Å²) in [4.78, 5) is 7.12. The van der Waals surface area contributed by atoms with Crippen LogP contribution in [-0.4, -0.2) is 63.0 Å². The molecule has 214 valence electrons. The predicted octanol–water partition coefficient (Wildman–Crippen LogP) is 4.97. The minimum absolute atomic E-state index is 0.464. The first kappa shape index (κ1) is 26.3. The SMILES string of the molecule is COc1cc2c(Nc3ccc4c(c3)CNN4CC3CC3)c(C#N)cnc2cc1OCCCN1CCC2(CC1)COC2. The van der Waals surface area contributed by atoms with Gasteiger partial charge in [-0.15, -0.1) is 0 Å². The first-order valence-corrected chi connectivity index (χ1v) is 14.9. The van der Waals surface area contributed by atoms with Crippen molar-refractivity contribution in [1.82, 2.24) is 15.3 Å². The number of rotatable bonds is 10. The third-order valence-electron chi connectivity index (χ3n) is 9.12.